The Bertz CT molecular complexity index is 166. The summed E-state index contributed by atoms with van der Waals surface area (Å²) in [5.41, 5.74) is 0. The van der Waals surface area contributed by atoms with Crippen molar-refractivity contribution >= 4 is 11.8 Å². The Hall–Kier alpha value is 0.310. The Morgan fingerprint density at radius 3 is 2.71 bits per heavy atom. The van der Waals surface area contributed by atoms with Crippen molar-refractivity contribution in [2.45, 2.75) is 82.9 Å². The predicted molar refractivity (Wildman–Crippen MR) is 80.9 cm³/mol. The van der Waals surface area contributed by atoms with E-state index in [9.17, 15) is 0 Å². The van der Waals surface area contributed by atoms with Gasteiger partial charge in [0.15, 0.2) is 0 Å². The Morgan fingerprint density at radius 2 is 2.00 bits per heavy atom. The van der Waals surface area contributed by atoms with Crippen LogP contribution in [0.2, 0.25) is 0 Å². The van der Waals surface area contributed by atoms with E-state index in [4.69, 9.17) is 0 Å². The lowest BCUT2D eigenvalue weighted by molar-refractivity contribution is 0.471. The highest BCUT2D eigenvalue weighted by Gasteiger charge is 2.14. The summed E-state index contributed by atoms with van der Waals surface area (Å²) < 4.78 is 0. The van der Waals surface area contributed by atoms with Crippen LogP contribution in [-0.2, 0) is 0 Å². The highest BCUT2D eigenvalue weighted by atomic mass is 32.2. The molecule has 0 aliphatic carbocycles. The maximum absolute atomic E-state index is 3.72. The Kier molecular flexibility index (Phi) is 9.27. The topological polar surface area (TPSA) is 12.0 Å². The summed E-state index contributed by atoms with van der Waals surface area (Å²) in [6.45, 7) is 5.88. The molecule has 1 fully saturated rings. The number of rotatable bonds is 9. The van der Waals surface area contributed by atoms with Gasteiger partial charge in [-0.1, -0.05) is 45.4 Å². The molecule has 1 aliphatic rings. The van der Waals surface area contributed by atoms with Crippen molar-refractivity contribution in [1.82, 2.24) is 5.32 Å². The monoisotopic (exact) mass is 257 g/mol. The maximum Gasteiger partial charge on any atom is 0.0172 e. The number of nitrogens with one attached hydrogen (secondary N) is 1. The van der Waals surface area contributed by atoms with E-state index in [0.717, 1.165) is 11.3 Å². The summed E-state index contributed by atoms with van der Waals surface area (Å²) >= 11 is 2.18. The molecule has 17 heavy (non-hydrogen) atoms. The summed E-state index contributed by atoms with van der Waals surface area (Å²) in [6, 6.07) is 0.721. The summed E-state index contributed by atoms with van der Waals surface area (Å²) in [5, 5.41) is 4.62. The molecule has 0 spiro atoms. The van der Waals surface area contributed by atoms with Crippen LogP contribution in [-0.4, -0.2) is 23.6 Å². The minimum atomic E-state index is 0.721. The van der Waals surface area contributed by atoms with Crippen LogP contribution in [0.1, 0.15) is 71.6 Å². The molecule has 0 radical (unpaired) electrons. The van der Waals surface area contributed by atoms with Crippen LogP contribution in [0, 0.1) is 0 Å². The molecular formula is C15H31NS. The van der Waals surface area contributed by atoms with E-state index < -0.39 is 0 Å². The molecule has 0 saturated carbocycles. The van der Waals surface area contributed by atoms with Crippen LogP contribution >= 0.6 is 11.8 Å². The summed E-state index contributed by atoms with van der Waals surface area (Å²) in [7, 11) is 0. The number of thioether (sulfide) groups is 1. The zero-order valence-corrected chi connectivity index (χ0v) is 12.7. The minimum absolute atomic E-state index is 0.721. The molecule has 2 atom stereocenters. The van der Waals surface area contributed by atoms with Crippen LogP contribution < -0.4 is 5.32 Å². The van der Waals surface area contributed by atoms with Gasteiger partial charge in [-0.2, -0.15) is 11.8 Å². The molecule has 1 rings (SSSR count). The first-order valence-corrected chi connectivity index (χ1v) is 8.72. The van der Waals surface area contributed by atoms with Crippen molar-refractivity contribution < 1.29 is 0 Å². The second-order valence-electron chi connectivity index (χ2n) is 5.50. The van der Waals surface area contributed by atoms with Crippen molar-refractivity contribution in [3.05, 3.63) is 0 Å². The molecule has 0 aromatic rings. The normalized spacial score (nSPS) is 22.6. The molecule has 0 aromatic carbocycles. The van der Waals surface area contributed by atoms with E-state index >= 15 is 0 Å². The van der Waals surface area contributed by atoms with E-state index in [2.05, 4.69) is 30.9 Å². The molecule has 102 valence electrons. The van der Waals surface area contributed by atoms with Gasteiger partial charge in [-0.3, -0.25) is 0 Å². The van der Waals surface area contributed by atoms with Gasteiger partial charge in [0, 0.05) is 17.8 Å². The molecule has 1 saturated heterocycles. The highest BCUT2D eigenvalue weighted by molar-refractivity contribution is 7.99. The average molecular weight is 257 g/mol. The third kappa shape index (κ3) is 8.10. The van der Waals surface area contributed by atoms with Crippen molar-refractivity contribution in [3.63, 3.8) is 0 Å². The summed E-state index contributed by atoms with van der Waals surface area (Å²) in [6.07, 6.45) is 12.7. The first kappa shape index (κ1) is 15.4. The highest BCUT2D eigenvalue weighted by Crippen LogP contribution is 2.24. The van der Waals surface area contributed by atoms with Crippen LogP contribution in [0.5, 0.6) is 0 Å². The molecule has 0 aromatic heterocycles. The van der Waals surface area contributed by atoms with E-state index in [1.807, 2.05) is 0 Å². The lowest BCUT2D eigenvalue weighted by Crippen LogP contribution is -2.33. The first-order chi connectivity index (χ1) is 8.33. The second kappa shape index (κ2) is 10.3. The van der Waals surface area contributed by atoms with Gasteiger partial charge in [0.25, 0.3) is 0 Å². The average Bonchev–Trinajstić information content (AvgIpc) is 2.37. The van der Waals surface area contributed by atoms with Gasteiger partial charge in [0.1, 0.15) is 0 Å². The van der Waals surface area contributed by atoms with E-state index in [-0.39, 0.29) is 0 Å². The van der Waals surface area contributed by atoms with Crippen LogP contribution in [0.25, 0.3) is 0 Å². The predicted octanol–water partition coefficient (Wildman–Crippen LogP) is 4.61. The van der Waals surface area contributed by atoms with E-state index in [1.165, 1.54) is 70.1 Å². The summed E-state index contributed by atoms with van der Waals surface area (Å²) in [4.78, 5) is 0. The quantitative estimate of drug-likeness (QED) is 0.605. The van der Waals surface area contributed by atoms with Gasteiger partial charge in [-0.15, -0.1) is 0 Å². The number of unbranched alkanes of at least 4 members (excludes halogenated alkanes) is 4. The number of hydrogen-bond donors (Lipinski definition) is 1. The molecule has 1 nitrogen and oxygen atoms in total. The van der Waals surface area contributed by atoms with Gasteiger partial charge in [-0.25, -0.2) is 0 Å². The fourth-order valence-corrected chi connectivity index (χ4v) is 3.71. The fraction of sp³-hybridized carbons (Fsp3) is 1.00. The van der Waals surface area contributed by atoms with E-state index in [0.29, 0.717) is 0 Å². The molecule has 2 unspecified atom stereocenters. The van der Waals surface area contributed by atoms with Gasteiger partial charge < -0.3 is 5.32 Å². The van der Waals surface area contributed by atoms with Crippen LogP contribution in [0.4, 0.5) is 0 Å². The Balaban J connectivity index is 1.91. The van der Waals surface area contributed by atoms with Gasteiger partial charge in [0.05, 0.1) is 0 Å². The molecule has 0 amide bonds. The van der Waals surface area contributed by atoms with Crippen LogP contribution in [0.3, 0.4) is 0 Å². The Morgan fingerprint density at radius 1 is 1.18 bits per heavy atom. The molecule has 1 heterocycles. The van der Waals surface area contributed by atoms with Gasteiger partial charge >= 0.3 is 0 Å². The smallest absolute Gasteiger partial charge is 0.0172 e. The van der Waals surface area contributed by atoms with Gasteiger partial charge in [0.2, 0.25) is 0 Å². The molecule has 1 aliphatic heterocycles. The zero-order chi connectivity index (χ0) is 12.3. The molecule has 1 N–H and O–H groups in total. The Labute approximate surface area is 113 Å². The lowest BCUT2D eigenvalue weighted by Gasteiger charge is -2.23. The lowest BCUT2D eigenvalue weighted by atomic mass is 10.1. The first-order valence-electron chi connectivity index (χ1n) is 7.68. The third-order valence-corrected chi connectivity index (χ3v) is 5.11. The van der Waals surface area contributed by atoms with Gasteiger partial charge in [-0.05, 0) is 31.9 Å². The minimum Gasteiger partial charge on any atom is -0.313 e. The SMILES string of the molecule is CCCCCCCC(C)NCC1CCCCS1. The largest absolute Gasteiger partial charge is 0.313 e. The van der Waals surface area contributed by atoms with Crippen molar-refractivity contribution in [2.75, 3.05) is 12.3 Å². The van der Waals surface area contributed by atoms with Crippen LogP contribution in [0.15, 0.2) is 0 Å². The van der Waals surface area contributed by atoms with E-state index in [1.54, 1.807) is 0 Å². The molecular weight excluding hydrogens is 226 g/mol. The molecule has 2 heteroatoms. The third-order valence-electron chi connectivity index (χ3n) is 3.71. The maximum atomic E-state index is 3.72. The van der Waals surface area contributed by atoms with Crippen molar-refractivity contribution in [2.24, 2.45) is 0 Å². The second-order valence-corrected chi connectivity index (χ2v) is 6.91. The van der Waals surface area contributed by atoms with Crippen molar-refractivity contribution in [1.29, 1.82) is 0 Å². The number of hydrogen-bond acceptors (Lipinski definition) is 2. The zero-order valence-electron chi connectivity index (χ0n) is 11.8. The fourth-order valence-electron chi connectivity index (χ4n) is 2.46. The standard InChI is InChI=1S/C15H31NS/c1-3-4-5-6-7-10-14(2)16-13-15-11-8-9-12-17-15/h14-16H,3-13H2,1-2H3. The molecule has 0 bridgehead atoms. The summed E-state index contributed by atoms with van der Waals surface area (Å²) in [5.74, 6) is 1.39. The van der Waals surface area contributed by atoms with Crippen molar-refractivity contribution in [3.8, 4) is 0 Å².